The van der Waals surface area contributed by atoms with Gasteiger partial charge in [-0.15, -0.1) is 0 Å². The predicted octanol–water partition coefficient (Wildman–Crippen LogP) is 2.11. The monoisotopic (exact) mass is 438 g/mol. The molecule has 12 heteroatoms. The van der Waals surface area contributed by atoms with E-state index >= 15 is 0 Å². The summed E-state index contributed by atoms with van der Waals surface area (Å²) in [4.78, 5) is 10.1. The number of ether oxygens (including phenoxy) is 1. The van der Waals surface area contributed by atoms with Gasteiger partial charge in [-0.05, 0) is 49.0 Å². The van der Waals surface area contributed by atoms with Crippen molar-refractivity contribution in [2.24, 2.45) is 5.10 Å². The van der Waals surface area contributed by atoms with Crippen LogP contribution in [0.3, 0.4) is 0 Å². The van der Waals surface area contributed by atoms with Gasteiger partial charge in [-0.25, -0.2) is 0 Å². The van der Waals surface area contributed by atoms with Crippen molar-refractivity contribution in [1.29, 1.82) is 0 Å². The van der Waals surface area contributed by atoms with Crippen molar-refractivity contribution in [2.75, 3.05) is 14.2 Å². The fourth-order valence-electron chi connectivity index (χ4n) is 2.16. The van der Waals surface area contributed by atoms with Gasteiger partial charge in [0.25, 0.3) is 5.69 Å². The zero-order valence-corrected chi connectivity index (χ0v) is 17.3. The highest BCUT2D eigenvalue weighted by Crippen LogP contribution is 2.31. The van der Waals surface area contributed by atoms with Crippen LogP contribution in [-0.4, -0.2) is 38.8 Å². The van der Waals surface area contributed by atoms with Gasteiger partial charge in [-0.3, -0.25) is 15.5 Å². The second kappa shape index (κ2) is 9.30. The van der Waals surface area contributed by atoms with E-state index in [-0.39, 0.29) is 22.1 Å². The number of nitro groups is 1. The van der Waals surface area contributed by atoms with Gasteiger partial charge in [0.15, 0.2) is 16.6 Å². The highest BCUT2D eigenvalue weighted by atomic mass is 32.2. The van der Waals surface area contributed by atoms with Crippen molar-refractivity contribution in [3.8, 4) is 11.5 Å². The van der Waals surface area contributed by atoms with Crippen LogP contribution < -0.4 is 19.7 Å². The van der Waals surface area contributed by atoms with Crippen molar-refractivity contribution in [1.82, 2.24) is 10.7 Å². The molecule has 0 aliphatic rings. The second-order valence-electron chi connectivity index (χ2n) is 5.60. The highest BCUT2D eigenvalue weighted by molar-refractivity contribution is 7.87. The molecule has 0 amide bonds. The zero-order valence-electron chi connectivity index (χ0n) is 15.7. The zero-order chi connectivity index (χ0) is 21.6. The molecule has 0 radical (unpaired) electrons. The minimum Gasteiger partial charge on any atom is -0.493 e. The molecule has 2 N–H and O–H groups in total. The molecule has 0 bridgehead atoms. The summed E-state index contributed by atoms with van der Waals surface area (Å²) in [6.45, 7) is 1.51. The van der Waals surface area contributed by atoms with Gasteiger partial charge in [0.2, 0.25) is 0 Å². The maximum atomic E-state index is 12.6. The molecule has 0 saturated carbocycles. The van der Waals surface area contributed by atoms with E-state index in [9.17, 15) is 18.5 Å². The third-order valence-corrected chi connectivity index (χ3v) is 5.19. The van der Waals surface area contributed by atoms with Crippen LogP contribution in [0.4, 0.5) is 5.69 Å². The number of nitrogens with zero attached hydrogens (tertiary/aromatic N) is 2. The van der Waals surface area contributed by atoms with Gasteiger partial charge in [-0.2, -0.15) is 13.5 Å². The fourth-order valence-corrected chi connectivity index (χ4v) is 3.18. The summed E-state index contributed by atoms with van der Waals surface area (Å²) in [6, 6.07) is 7.98. The Kier molecular flexibility index (Phi) is 7.07. The van der Waals surface area contributed by atoms with Crippen molar-refractivity contribution < 1.29 is 22.3 Å². The molecule has 0 spiro atoms. The summed E-state index contributed by atoms with van der Waals surface area (Å²) in [6.07, 6.45) is 1.45. The van der Waals surface area contributed by atoms with Gasteiger partial charge < -0.3 is 14.2 Å². The fraction of sp³-hybridized carbons (Fsp3) is 0.176. The van der Waals surface area contributed by atoms with Crippen LogP contribution in [0.15, 0.2) is 46.4 Å². The van der Waals surface area contributed by atoms with E-state index in [1.807, 2.05) is 0 Å². The molecule has 0 unspecified atom stereocenters. The Morgan fingerprint density at radius 3 is 2.59 bits per heavy atom. The highest BCUT2D eigenvalue weighted by Gasteiger charge is 2.23. The number of hydrogen-bond donors (Lipinski definition) is 2. The Morgan fingerprint density at radius 1 is 1.24 bits per heavy atom. The third kappa shape index (κ3) is 5.62. The lowest BCUT2D eigenvalue weighted by molar-refractivity contribution is -0.385. The first kappa shape index (κ1) is 22.0. The third-order valence-electron chi connectivity index (χ3n) is 3.66. The number of nitrogens with one attached hydrogen (secondary N) is 2. The van der Waals surface area contributed by atoms with E-state index in [1.54, 1.807) is 13.1 Å². The molecule has 0 heterocycles. The van der Waals surface area contributed by atoms with E-state index in [0.29, 0.717) is 16.2 Å². The molecule has 2 aromatic rings. The number of hydrazone groups is 1. The molecular formula is C17H18N4O6S2. The molecule has 0 fully saturated rings. The van der Waals surface area contributed by atoms with Crippen molar-refractivity contribution >= 4 is 39.4 Å². The second-order valence-corrected chi connectivity index (χ2v) is 7.56. The van der Waals surface area contributed by atoms with E-state index in [2.05, 4.69) is 15.8 Å². The molecule has 2 rings (SSSR count). The molecule has 2 aromatic carbocycles. The number of thiocarbonyl (C=S) groups is 1. The normalized spacial score (nSPS) is 11.1. The molecule has 0 aromatic heterocycles. The maximum Gasteiger partial charge on any atom is 0.339 e. The van der Waals surface area contributed by atoms with Gasteiger partial charge in [0.1, 0.15) is 4.90 Å². The lowest BCUT2D eigenvalue weighted by atomic mass is 10.2. The van der Waals surface area contributed by atoms with Crippen molar-refractivity contribution in [2.45, 2.75) is 11.8 Å². The van der Waals surface area contributed by atoms with Crippen LogP contribution in [0.1, 0.15) is 11.1 Å². The van der Waals surface area contributed by atoms with Gasteiger partial charge in [0, 0.05) is 18.7 Å². The molecule has 10 nitrogen and oxygen atoms in total. The van der Waals surface area contributed by atoms with E-state index in [4.69, 9.17) is 21.1 Å². The van der Waals surface area contributed by atoms with Crippen LogP contribution in [0.5, 0.6) is 11.5 Å². The maximum absolute atomic E-state index is 12.6. The molecule has 154 valence electrons. The van der Waals surface area contributed by atoms with Crippen LogP contribution in [-0.2, 0) is 10.1 Å². The summed E-state index contributed by atoms with van der Waals surface area (Å²) in [5, 5.41) is 18.0. The summed E-state index contributed by atoms with van der Waals surface area (Å²) < 4.78 is 35.4. The number of methoxy groups -OCH3 is 1. The summed E-state index contributed by atoms with van der Waals surface area (Å²) >= 11 is 4.89. The lowest BCUT2D eigenvalue weighted by Gasteiger charge is -2.11. The largest absolute Gasteiger partial charge is 0.493 e. The first-order valence-electron chi connectivity index (χ1n) is 8.06. The first-order valence-corrected chi connectivity index (χ1v) is 9.88. The number of rotatable bonds is 7. The molecule has 0 aliphatic carbocycles. The van der Waals surface area contributed by atoms with E-state index in [1.165, 1.54) is 44.5 Å². The standard InChI is InChI=1S/C17H18N4O6S2/c1-11-4-6-13(9-14(11)21(22)23)29(24,25)27-15-7-5-12(8-16(15)26-3)10-19-20-17(28)18-2/h4-10H,1-3H3,(H2,18,20,28). The summed E-state index contributed by atoms with van der Waals surface area (Å²) in [5.74, 6) is 0.0573. The molecule has 0 aliphatic heterocycles. The number of benzene rings is 2. The molecule has 29 heavy (non-hydrogen) atoms. The van der Waals surface area contributed by atoms with Crippen LogP contribution in [0.2, 0.25) is 0 Å². The van der Waals surface area contributed by atoms with Crippen LogP contribution in [0, 0.1) is 17.0 Å². The average molecular weight is 438 g/mol. The quantitative estimate of drug-likeness (QED) is 0.219. The number of aryl methyl sites for hydroxylation is 1. The number of nitro benzene ring substituents is 1. The van der Waals surface area contributed by atoms with Gasteiger partial charge in [-0.1, -0.05) is 6.07 Å². The average Bonchev–Trinajstić information content (AvgIpc) is 2.68. The van der Waals surface area contributed by atoms with Gasteiger partial charge in [0.05, 0.1) is 18.2 Å². The Hall–Kier alpha value is -3.25. The van der Waals surface area contributed by atoms with Gasteiger partial charge >= 0.3 is 10.1 Å². The minimum atomic E-state index is -4.32. The Bertz CT molecular complexity index is 1070. The SMILES string of the molecule is CNC(=S)NN=Cc1ccc(OS(=O)(=O)c2ccc(C)c([N+](=O)[O-])c2)c(OC)c1. The minimum absolute atomic E-state index is 0.0772. The first-order chi connectivity index (χ1) is 13.7. The molecular weight excluding hydrogens is 420 g/mol. The van der Waals surface area contributed by atoms with E-state index < -0.39 is 15.0 Å². The topological polar surface area (TPSA) is 132 Å². The Balaban J connectivity index is 2.30. The summed E-state index contributed by atoms with van der Waals surface area (Å²) in [5.41, 5.74) is 3.18. The molecule has 0 saturated heterocycles. The lowest BCUT2D eigenvalue weighted by Crippen LogP contribution is -2.28. The van der Waals surface area contributed by atoms with Crippen molar-refractivity contribution in [3.05, 3.63) is 57.6 Å². The van der Waals surface area contributed by atoms with Crippen LogP contribution in [0.25, 0.3) is 0 Å². The Labute approximate surface area is 172 Å². The van der Waals surface area contributed by atoms with Crippen molar-refractivity contribution in [3.63, 3.8) is 0 Å². The molecule has 0 atom stereocenters. The smallest absolute Gasteiger partial charge is 0.339 e. The summed E-state index contributed by atoms with van der Waals surface area (Å²) in [7, 11) is -1.33. The predicted molar refractivity (Wildman–Crippen MR) is 111 cm³/mol. The van der Waals surface area contributed by atoms with E-state index in [0.717, 1.165) is 6.07 Å². The Morgan fingerprint density at radius 2 is 1.97 bits per heavy atom. The van der Waals surface area contributed by atoms with Crippen LogP contribution >= 0.6 is 12.2 Å². The number of hydrogen-bond acceptors (Lipinski definition) is 8.